The third kappa shape index (κ3) is 3.66. The van der Waals surface area contributed by atoms with E-state index in [1.165, 1.54) is 4.90 Å². The molecule has 4 rings (SSSR count). The third-order valence-corrected chi connectivity index (χ3v) is 5.69. The summed E-state index contributed by atoms with van der Waals surface area (Å²) < 4.78 is 5.55. The number of nitrogens with zero attached hydrogens (tertiary/aromatic N) is 2. The fourth-order valence-electron chi connectivity index (χ4n) is 4.06. The number of para-hydroxylation sites is 2. The first-order valence-electron chi connectivity index (χ1n) is 10.8. The Morgan fingerprint density at radius 3 is 2.09 bits per heavy atom. The molecule has 162 valence electrons. The van der Waals surface area contributed by atoms with Crippen molar-refractivity contribution in [2.45, 2.75) is 20.3 Å². The van der Waals surface area contributed by atoms with Crippen LogP contribution >= 0.6 is 0 Å². The van der Waals surface area contributed by atoms with E-state index < -0.39 is 0 Å². The molecule has 0 bridgehead atoms. The van der Waals surface area contributed by atoms with Crippen molar-refractivity contribution in [3.63, 3.8) is 0 Å². The van der Waals surface area contributed by atoms with Gasteiger partial charge in [-0.3, -0.25) is 9.59 Å². The Morgan fingerprint density at radius 2 is 1.47 bits per heavy atom. The van der Waals surface area contributed by atoms with Gasteiger partial charge < -0.3 is 9.64 Å². The second-order valence-electron chi connectivity index (χ2n) is 7.47. The number of benzene rings is 3. The Hall–Kier alpha value is -3.86. The fraction of sp³-hybridized carbons (Fsp3) is 0.185. The number of ether oxygens (including phenoxy) is 1. The monoisotopic (exact) mass is 426 g/mol. The molecule has 1 aliphatic heterocycles. The lowest BCUT2D eigenvalue weighted by Gasteiger charge is -2.25. The lowest BCUT2D eigenvalue weighted by Crippen LogP contribution is -2.35. The number of carbonyl (C=O) groups is 2. The van der Waals surface area contributed by atoms with Crippen LogP contribution in [-0.4, -0.2) is 25.5 Å². The molecule has 5 heteroatoms. The predicted molar refractivity (Wildman–Crippen MR) is 128 cm³/mol. The molecular weight excluding hydrogens is 400 g/mol. The number of hydrogen-bond donors (Lipinski definition) is 0. The van der Waals surface area contributed by atoms with Crippen molar-refractivity contribution in [1.29, 1.82) is 0 Å². The van der Waals surface area contributed by atoms with Gasteiger partial charge in [-0.25, -0.2) is 4.90 Å². The van der Waals surface area contributed by atoms with Crippen LogP contribution in [0.3, 0.4) is 0 Å². The molecule has 0 aromatic heterocycles. The van der Waals surface area contributed by atoms with E-state index in [0.29, 0.717) is 34.8 Å². The molecule has 32 heavy (non-hydrogen) atoms. The van der Waals surface area contributed by atoms with E-state index in [1.807, 2.05) is 84.6 Å². The highest BCUT2D eigenvalue weighted by atomic mass is 16.5. The average molecular weight is 427 g/mol. The minimum absolute atomic E-state index is 0.342. The van der Waals surface area contributed by atoms with E-state index in [2.05, 4.69) is 6.92 Å². The zero-order valence-electron chi connectivity index (χ0n) is 18.5. The number of imide groups is 1. The molecule has 5 nitrogen and oxygen atoms in total. The van der Waals surface area contributed by atoms with Crippen LogP contribution in [0.4, 0.5) is 11.4 Å². The second-order valence-corrected chi connectivity index (χ2v) is 7.47. The molecule has 0 saturated carbocycles. The summed E-state index contributed by atoms with van der Waals surface area (Å²) in [4.78, 5) is 30.7. The molecule has 2 amide bonds. The molecule has 1 heterocycles. The lowest BCUT2D eigenvalue weighted by molar-refractivity contribution is -0.120. The number of hydrogen-bond acceptors (Lipinski definition) is 4. The van der Waals surface area contributed by atoms with Gasteiger partial charge in [-0.05, 0) is 49.2 Å². The summed E-state index contributed by atoms with van der Waals surface area (Å²) >= 11 is 0. The maximum Gasteiger partial charge on any atom is 0.282 e. The first-order valence-corrected chi connectivity index (χ1v) is 10.8. The average Bonchev–Trinajstić information content (AvgIpc) is 3.10. The molecule has 3 aromatic rings. The van der Waals surface area contributed by atoms with Gasteiger partial charge >= 0.3 is 0 Å². The van der Waals surface area contributed by atoms with E-state index in [4.69, 9.17) is 4.74 Å². The topological polar surface area (TPSA) is 49.9 Å². The standard InChI is InChI=1S/C27H26N2O3/c1-4-19-15-17-21(18-16-19)29-26(30)24(22-13-9-10-14-23(22)32-3)25(27(29)31)28(5-2)20-11-7-6-8-12-20/h6-18H,4-5H2,1-3H3. The first-order chi connectivity index (χ1) is 15.6. The number of likely N-dealkylation sites (N-methyl/N-ethyl adjacent to an activating group) is 1. The molecule has 0 fully saturated rings. The number of amides is 2. The van der Waals surface area contributed by atoms with E-state index in [0.717, 1.165) is 17.7 Å². The largest absolute Gasteiger partial charge is 0.496 e. The smallest absolute Gasteiger partial charge is 0.282 e. The fourth-order valence-corrected chi connectivity index (χ4v) is 4.06. The zero-order valence-corrected chi connectivity index (χ0v) is 18.5. The minimum atomic E-state index is -0.354. The Labute approximate surface area is 188 Å². The summed E-state index contributed by atoms with van der Waals surface area (Å²) in [5.74, 6) is -0.146. The summed E-state index contributed by atoms with van der Waals surface area (Å²) in [7, 11) is 1.57. The van der Waals surface area contributed by atoms with Crippen molar-refractivity contribution in [2.24, 2.45) is 0 Å². The Kier molecular flexibility index (Phi) is 6.08. The van der Waals surface area contributed by atoms with Crippen LogP contribution in [-0.2, 0) is 16.0 Å². The van der Waals surface area contributed by atoms with Crippen molar-refractivity contribution >= 4 is 28.8 Å². The van der Waals surface area contributed by atoms with Gasteiger partial charge in [0.25, 0.3) is 11.8 Å². The van der Waals surface area contributed by atoms with Crippen LogP contribution in [0.1, 0.15) is 25.0 Å². The molecule has 0 aliphatic carbocycles. The van der Waals surface area contributed by atoms with Gasteiger partial charge in [0.2, 0.25) is 0 Å². The van der Waals surface area contributed by atoms with E-state index in [9.17, 15) is 9.59 Å². The zero-order chi connectivity index (χ0) is 22.7. The van der Waals surface area contributed by atoms with Crippen molar-refractivity contribution in [1.82, 2.24) is 0 Å². The van der Waals surface area contributed by atoms with Crippen molar-refractivity contribution in [2.75, 3.05) is 23.5 Å². The van der Waals surface area contributed by atoms with Crippen molar-refractivity contribution in [3.05, 3.63) is 95.7 Å². The molecule has 0 N–H and O–H groups in total. The minimum Gasteiger partial charge on any atom is -0.496 e. The number of aryl methyl sites for hydroxylation is 1. The lowest BCUT2D eigenvalue weighted by atomic mass is 10.0. The molecule has 1 aliphatic rings. The van der Waals surface area contributed by atoms with Crippen LogP contribution in [0, 0.1) is 0 Å². The summed E-state index contributed by atoms with van der Waals surface area (Å²) in [6, 6.07) is 24.5. The van der Waals surface area contributed by atoms with Crippen LogP contribution in [0.5, 0.6) is 5.75 Å². The second kappa shape index (κ2) is 9.10. The van der Waals surface area contributed by atoms with Gasteiger partial charge in [0.1, 0.15) is 11.4 Å². The molecule has 0 radical (unpaired) electrons. The maximum atomic E-state index is 13.8. The van der Waals surface area contributed by atoms with Crippen LogP contribution < -0.4 is 14.5 Å². The van der Waals surface area contributed by atoms with E-state index in [-0.39, 0.29) is 11.8 Å². The van der Waals surface area contributed by atoms with Crippen molar-refractivity contribution in [3.8, 4) is 5.75 Å². The summed E-state index contributed by atoms with van der Waals surface area (Å²) in [6.45, 7) is 4.57. The number of methoxy groups -OCH3 is 1. The predicted octanol–water partition coefficient (Wildman–Crippen LogP) is 5.07. The molecule has 0 atom stereocenters. The van der Waals surface area contributed by atoms with Crippen LogP contribution in [0.25, 0.3) is 5.57 Å². The highest BCUT2D eigenvalue weighted by Crippen LogP contribution is 2.39. The van der Waals surface area contributed by atoms with Gasteiger partial charge in [0.15, 0.2) is 0 Å². The summed E-state index contributed by atoms with van der Waals surface area (Å²) in [6.07, 6.45) is 0.885. The molecule has 0 spiro atoms. The normalized spacial score (nSPS) is 13.7. The highest BCUT2D eigenvalue weighted by molar-refractivity contribution is 6.46. The van der Waals surface area contributed by atoms with Gasteiger partial charge in [-0.15, -0.1) is 0 Å². The maximum absolute atomic E-state index is 13.8. The molecule has 3 aromatic carbocycles. The van der Waals surface area contributed by atoms with Gasteiger partial charge in [0, 0.05) is 17.8 Å². The van der Waals surface area contributed by atoms with Gasteiger partial charge in [-0.1, -0.05) is 55.5 Å². The van der Waals surface area contributed by atoms with E-state index >= 15 is 0 Å². The van der Waals surface area contributed by atoms with E-state index in [1.54, 1.807) is 13.2 Å². The first kappa shape index (κ1) is 21.4. The Bertz CT molecular complexity index is 1170. The summed E-state index contributed by atoms with van der Waals surface area (Å²) in [5.41, 5.74) is 3.85. The number of rotatable bonds is 7. The quantitative estimate of drug-likeness (QED) is 0.495. The van der Waals surface area contributed by atoms with Crippen LogP contribution in [0.15, 0.2) is 84.6 Å². The Morgan fingerprint density at radius 1 is 0.812 bits per heavy atom. The highest BCUT2D eigenvalue weighted by Gasteiger charge is 2.43. The molecule has 0 unspecified atom stereocenters. The van der Waals surface area contributed by atoms with Crippen molar-refractivity contribution < 1.29 is 14.3 Å². The van der Waals surface area contributed by atoms with Gasteiger partial charge in [0.05, 0.1) is 18.4 Å². The van der Waals surface area contributed by atoms with Gasteiger partial charge in [-0.2, -0.15) is 0 Å². The third-order valence-electron chi connectivity index (χ3n) is 5.69. The SMILES string of the molecule is CCc1ccc(N2C(=O)C(c3ccccc3OC)=C(N(CC)c3ccccc3)C2=O)cc1. The van der Waals surface area contributed by atoms with Crippen LogP contribution in [0.2, 0.25) is 0 Å². The Balaban J connectivity index is 1.91. The number of anilines is 2. The number of carbonyl (C=O) groups excluding carboxylic acids is 2. The summed E-state index contributed by atoms with van der Waals surface area (Å²) in [5, 5.41) is 0. The molecule has 0 saturated heterocycles. The molecular formula is C27H26N2O3.